The molecule has 0 saturated carbocycles. The molecule has 0 saturated heterocycles. The average molecular weight is 405 g/mol. The average Bonchev–Trinajstić information content (AvgIpc) is 2.60. The van der Waals surface area contributed by atoms with Crippen molar-refractivity contribution in [2.45, 2.75) is 70.5 Å². The number of carbonyl (C=O) groups is 3. The summed E-state index contributed by atoms with van der Waals surface area (Å²) >= 11 is 2.81. The molecule has 0 bridgehead atoms. The summed E-state index contributed by atoms with van der Waals surface area (Å²) < 4.78 is 0. The zero-order chi connectivity index (χ0) is 19.8. The fraction of sp³-hybridized carbons (Fsp3) is 0.842. The summed E-state index contributed by atoms with van der Waals surface area (Å²) in [5.74, 6) is 0.906. The molecule has 1 amide bonds. The van der Waals surface area contributed by atoms with E-state index in [9.17, 15) is 14.4 Å². The standard InChI is InChI=1S/C19H36N2O3S2/c1-5-18(23)25-15-12-16(26-19(24)6-2)10-8-7-9-11-17(22)20-13-14-21(3)4/h16H,5-15H2,1-4H3,(H,20,22). The normalized spacial score (nSPS) is 12.2. The van der Waals surface area contributed by atoms with E-state index in [1.165, 1.54) is 23.5 Å². The zero-order valence-electron chi connectivity index (χ0n) is 16.8. The molecule has 0 aliphatic rings. The maximum absolute atomic E-state index is 11.7. The number of unbranched alkanes of at least 4 members (excludes halogenated alkanes) is 2. The maximum Gasteiger partial charge on any atom is 0.220 e. The molecule has 0 aromatic rings. The molecule has 7 heteroatoms. The summed E-state index contributed by atoms with van der Waals surface area (Å²) in [6.45, 7) is 5.31. The molecule has 0 spiro atoms. The second kappa shape index (κ2) is 16.6. The van der Waals surface area contributed by atoms with Gasteiger partial charge in [0.05, 0.1) is 0 Å². The van der Waals surface area contributed by atoms with Gasteiger partial charge in [0.15, 0.2) is 10.2 Å². The van der Waals surface area contributed by atoms with Crippen LogP contribution in [0, 0.1) is 0 Å². The van der Waals surface area contributed by atoms with Crippen LogP contribution >= 0.6 is 23.5 Å². The minimum atomic E-state index is 0.119. The first-order valence-electron chi connectivity index (χ1n) is 9.65. The molecule has 0 rings (SSSR count). The van der Waals surface area contributed by atoms with Crippen LogP contribution in [0.3, 0.4) is 0 Å². The Morgan fingerprint density at radius 3 is 2.27 bits per heavy atom. The molecule has 0 fully saturated rings. The van der Waals surface area contributed by atoms with Crippen LogP contribution in [0.5, 0.6) is 0 Å². The highest BCUT2D eigenvalue weighted by atomic mass is 32.2. The number of hydrogen-bond donors (Lipinski definition) is 1. The van der Waals surface area contributed by atoms with Gasteiger partial charge < -0.3 is 10.2 Å². The van der Waals surface area contributed by atoms with Crippen molar-refractivity contribution >= 4 is 39.7 Å². The number of carbonyl (C=O) groups excluding carboxylic acids is 3. The Hall–Kier alpha value is -0.530. The van der Waals surface area contributed by atoms with Crippen molar-refractivity contribution < 1.29 is 14.4 Å². The van der Waals surface area contributed by atoms with E-state index in [1.54, 1.807) is 0 Å². The summed E-state index contributed by atoms with van der Waals surface area (Å²) in [6.07, 6.45) is 6.45. The molecular formula is C19H36N2O3S2. The Morgan fingerprint density at radius 2 is 1.65 bits per heavy atom. The third-order valence-electron chi connectivity index (χ3n) is 3.89. The lowest BCUT2D eigenvalue weighted by Crippen LogP contribution is -2.31. The number of thioether (sulfide) groups is 2. The SMILES string of the molecule is CCC(=O)SCCC(CCCCCC(=O)NCCN(C)C)SC(=O)CC. The predicted molar refractivity (Wildman–Crippen MR) is 114 cm³/mol. The van der Waals surface area contributed by atoms with Gasteiger partial charge in [-0.15, -0.1) is 0 Å². The van der Waals surface area contributed by atoms with Gasteiger partial charge in [-0.2, -0.15) is 0 Å². The van der Waals surface area contributed by atoms with E-state index >= 15 is 0 Å². The summed E-state index contributed by atoms with van der Waals surface area (Å²) in [4.78, 5) is 36.9. The van der Waals surface area contributed by atoms with Gasteiger partial charge in [-0.05, 0) is 33.4 Å². The molecule has 5 nitrogen and oxygen atoms in total. The second-order valence-corrected chi connectivity index (χ2v) is 9.09. The van der Waals surface area contributed by atoms with E-state index < -0.39 is 0 Å². The first kappa shape index (κ1) is 25.5. The number of amides is 1. The van der Waals surface area contributed by atoms with E-state index in [1.807, 2.05) is 32.8 Å². The van der Waals surface area contributed by atoms with Crippen LogP contribution in [0.1, 0.15) is 65.2 Å². The summed E-state index contributed by atoms with van der Waals surface area (Å²) in [5.41, 5.74) is 0. The zero-order valence-corrected chi connectivity index (χ0v) is 18.5. The van der Waals surface area contributed by atoms with Crippen LogP contribution in [0.2, 0.25) is 0 Å². The largest absolute Gasteiger partial charge is 0.355 e. The molecule has 0 aliphatic carbocycles. The number of nitrogens with zero attached hydrogens (tertiary/aromatic N) is 1. The van der Waals surface area contributed by atoms with Gasteiger partial charge in [-0.1, -0.05) is 50.2 Å². The number of rotatable bonds is 15. The highest BCUT2D eigenvalue weighted by molar-refractivity contribution is 8.14. The van der Waals surface area contributed by atoms with Crippen LogP contribution in [0.25, 0.3) is 0 Å². The molecule has 1 atom stereocenters. The molecule has 26 heavy (non-hydrogen) atoms. The van der Waals surface area contributed by atoms with Crippen LogP contribution in [0.4, 0.5) is 0 Å². The Labute approximate surface area is 167 Å². The summed E-state index contributed by atoms with van der Waals surface area (Å²) in [6, 6.07) is 0. The molecule has 0 aliphatic heterocycles. The fourth-order valence-corrected chi connectivity index (χ4v) is 4.32. The molecule has 152 valence electrons. The van der Waals surface area contributed by atoms with Crippen LogP contribution < -0.4 is 5.32 Å². The lowest BCUT2D eigenvalue weighted by atomic mass is 10.1. The van der Waals surface area contributed by atoms with E-state index in [0.29, 0.717) is 25.8 Å². The quantitative estimate of drug-likeness (QED) is 0.420. The van der Waals surface area contributed by atoms with Gasteiger partial charge in [-0.3, -0.25) is 14.4 Å². The first-order chi connectivity index (χ1) is 12.4. The summed E-state index contributed by atoms with van der Waals surface area (Å²) in [7, 11) is 3.97. The lowest BCUT2D eigenvalue weighted by Gasteiger charge is -2.15. The van der Waals surface area contributed by atoms with Crippen LogP contribution in [-0.4, -0.2) is 59.2 Å². The molecule has 0 radical (unpaired) electrons. The van der Waals surface area contributed by atoms with E-state index in [4.69, 9.17) is 0 Å². The topological polar surface area (TPSA) is 66.5 Å². The second-order valence-electron chi connectivity index (χ2n) is 6.58. The van der Waals surface area contributed by atoms with Crippen molar-refractivity contribution in [2.24, 2.45) is 0 Å². The van der Waals surface area contributed by atoms with E-state index in [2.05, 4.69) is 5.32 Å². The van der Waals surface area contributed by atoms with Crippen molar-refractivity contribution in [3.8, 4) is 0 Å². The third kappa shape index (κ3) is 15.7. The van der Waals surface area contributed by atoms with Gasteiger partial charge in [0.25, 0.3) is 0 Å². The molecule has 1 N–H and O–H groups in total. The molecular weight excluding hydrogens is 368 g/mol. The number of likely N-dealkylation sites (N-methyl/N-ethyl adjacent to an activating group) is 1. The van der Waals surface area contributed by atoms with Crippen molar-refractivity contribution in [3.63, 3.8) is 0 Å². The van der Waals surface area contributed by atoms with E-state index in [0.717, 1.165) is 44.4 Å². The highest BCUT2D eigenvalue weighted by Crippen LogP contribution is 2.25. The predicted octanol–water partition coefficient (Wildman–Crippen LogP) is 3.71. The lowest BCUT2D eigenvalue weighted by molar-refractivity contribution is -0.121. The van der Waals surface area contributed by atoms with Crippen molar-refractivity contribution in [2.75, 3.05) is 32.9 Å². The van der Waals surface area contributed by atoms with Gasteiger partial charge in [0.1, 0.15) is 0 Å². The maximum atomic E-state index is 11.7. The van der Waals surface area contributed by atoms with Crippen molar-refractivity contribution in [3.05, 3.63) is 0 Å². The van der Waals surface area contributed by atoms with Gasteiger partial charge in [-0.25, -0.2) is 0 Å². The van der Waals surface area contributed by atoms with Gasteiger partial charge in [0, 0.05) is 43.4 Å². The molecule has 0 aromatic heterocycles. The highest BCUT2D eigenvalue weighted by Gasteiger charge is 2.14. The Morgan fingerprint density at radius 1 is 0.962 bits per heavy atom. The monoisotopic (exact) mass is 404 g/mol. The minimum Gasteiger partial charge on any atom is -0.355 e. The Bertz CT molecular complexity index is 418. The van der Waals surface area contributed by atoms with Crippen molar-refractivity contribution in [1.29, 1.82) is 0 Å². The molecule has 1 unspecified atom stereocenters. The molecule has 0 aromatic carbocycles. The first-order valence-corrected chi connectivity index (χ1v) is 11.5. The third-order valence-corrected chi connectivity index (χ3v) is 6.30. The minimum absolute atomic E-state index is 0.119. The van der Waals surface area contributed by atoms with Gasteiger partial charge >= 0.3 is 0 Å². The number of hydrogen-bond acceptors (Lipinski definition) is 6. The van der Waals surface area contributed by atoms with Crippen molar-refractivity contribution in [1.82, 2.24) is 10.2 Å². The smallest absolute Gasteiger partial charge is 0.220 e. The molecule has 0 heterocycles. The number of nitrogens with one attached hydrogen (secondary N) is 1. The van der Waals surface area contributed by atoms with Crippen LogP contribution in [0.15, 0.2) is 0 Å². The fourth-order valence-electron chi connectivity index (χ4n) is 2.28. The van der Waals surface area contributed by atoms with Crippen LogP contribution in [-0.2, 0) is 14.4 Å². The summed E-state index contributed by atoms with van der Waals surface area (Å²) in [5, 5.41) is 3.66. The van der Waals surface area contributed by atoms with E-state index in [-0.39, 0.29) is 21.4 Å². The Kier molecular flexibility index (Phi) is 16.3. The van der Waals surface area contributed by atoms with Gasteiger partial charge in [0.2, 0.25) is 5.91 Å². The Balaban J connectivity index is 3.94.